The molecule has 3 rings (SSSR count). The standard InChI is InChI=1S/C12H20N4O/c1-8-14-12(17-15-8)7-16-10-3-4-11(16)6-9(5-10)13-2/h9-11,13H,3-7H2,1-2H3. The van der Waals surface area contributed by atoms with Crippen LogP contribution in [0, 0.1) is 6.92 Å². The van der Waals surface area contributed by atoms with E-state index >= 15 is 0 Å². The summed E-state index contributed by atoms with van der Waals surface area (Å²) >= 11 is 0. The monoisotopic (exact) mass is 236 g/mol. The first-order valence-electron chi connectivity index (χ1n) is 6.48. The van der Waals surface area contributed by atoms with Crippen LogP contribution in [-0.4, -0.2) is 40.2 Å². The lowest BCUT2D eigenvalue weighted by molar-refractivity contribution is 0.0982. The van der Waals surface area contributed by atoms with Crippen LogP contribution >= 0.6 is 0 Å². The van der Waals surface area contributed by atoms with Gasteiger partial charge in [0.15, 0.2) is 5.82 Å². The third-order valence-corrected chi connectivity index (χ3v) is 4.18. The van der Waals surface area contributed by atoms with E-state index < -0.39 is 0 Å². The molecule has 2 aliphatic heterocycles. The Morgan fingerprint density at radius 1 is 1.35 bits per heavy atom. The third kappa shape index (κ3) is 2.09. The number of hydrogen-bond acceptors (Lipinski definition) is 5. The first-order chi connectivity index (χ1) is 8.26. The van der Waals surface area contributed by atoms with E-state index in [4.69, 9.17) is 4.52 Å². The van der Waals surface area contributed by atoms with Gasteiger partial charge in [-0.1, -0.05) is 5.16 Å². The molecule has 2 unspecified atom stereocenters. The van der Waals surface area contributed by atoms with Crippen LogP contribution in [0.25, 0.3) is 0 Å². The van der Waals surface area contributed by atoms with Crippen molar-refractivity contribution in [1.29, 1.82) is 0 Å². The molecule has 0 amide bonds. The third-order valence-electron chi connectivity index (χ3n) is 4.18. The summed E-state index contributed by atoms with van der Waals surface area (Å²) in [7, 11) is 2.07. The molecule has 2 fully saturated rings. The van der Waals surface area contributed by atoms with Crippen molar-refractivity contribution in [3.05, 3.63) is 11.7 Å². The van der Waals surface area contributed by atoms with Gasteiger partial charge in [0.25, 0.3) is 0 Å². The van der Waals surface area contributed by atoms with Gasteiger partial charge in [-0.3, -0.25) is 4.90 Å². The van der Waals surface area contributed by atoms with Crippen molar-refractivity contribution in [2.75, 3.05) is 7.05 Å². The van der Waals surface area contributed by atoms with Gasteiger partial charge in [-0.05, 0) is 39.7 Å². The number of nitrogens with zero attached hydrogens (tertiary/aromatic N) is 3. The highest BCUT2D eigenvalue weighted by Gasteiger charge is 2.40. The lowest BCUT2D eigenvalue weighted by atomic mass is 9.97. The van der Waals surface area contributed by atoms with Gasteiger partial charge < -0.3 is 9.84 Å². The van der Waals surface area contributed by atoms with Gasteiger partial charge >= 0.3 is 0 Å². The fraction of sp³-hybridized carbons (Fsp3) is 0.833. The maximum atomic E-state index is 5.23. The van der Waals surface area contributed by atoms with Gasteiger partial charge in [0.2, 0.25) is 5.89 Å². The maximum Gasteiger partial charge on any atom is 0.240 e. The fourth-order valence-electron chi connectivity index (χ4n) is 3.33. The van der Waals surface area contributed by atoms with E-state index in [1.54, 1.807) is 0 Å². The van der Waals surface area contributed by atoms with Crippen LogP contribution in [0.4, 0.5) is 0 Å². The smallest absolute Gasteiger partial charge is 0.240 e. The quantitative estimate of drug-likeness (QED) is 0.851. The summed E-state index contributed by atoms with van der Waals surface area (Å²) in [5.74, 6) is 1.50. The predicted molar refractivity (Wildman–Crippen MR) is 63.5 cm³/mol. The Hall–Kier alpha value is -0.940. The average molecular weight is 236 g/mol. The van der Waals surface area contributed by atoms with E-state index in [-0.39, 0.29) is 0 Å². The highest BCUT2D eigenvalue weighted by atomic mass is 16.5. The molecule has 2 aliphatic rings. The van der Waals surface area contributed by atoms with E-state index in [0.29, 0.717) is 18.1 Å². The molecule has 5 heteroatoms. The topological polar surface area (TPSA) is 54.2 Å². The Morgan fingerprint density at radius 2 is 2.06 bits per heavy atom. The van der Waals surface area contributed by atoms with E-state index in [9.17, 15) is 0 Å². The van der Waals surface area contributed by atoms with Crippen molar-refractivity contribution in [3.8, 4) is 0 Å². The van der Waals surface area contributed by atoms with E-state index in [2.05, 4.69) is 27.4 Å². The van der Waals surface area contributed by atoms with Gasteiger partial charge in [0.1, 0.15) is 0 Å². The van der Waals surface area contributed by atoms with Crippen molar-refractivity contribution in [2.45, 2.75) is 57.3 Å². The van der Waals surface area contributed by atoms with Crippen molar-refractivity contribution in [2.24, 2.45) is 0 Å². The zero-order chi connectivity index (χ0) is 11.8. The summed E-state index contributed by atoms with van der Waals surface area (Å²) in [6.07, 6.45) is 5.13. The van der Waals surface area contributed by atoms with Crippen LogP contribution < -0.4 is 5.32 Å². The Balaban J connectivity index is 1.69. The minimum atomic E-state index is 0.688. The van der Waals surface area contributed by atoms with Crippen LogP contribution in [0.5, 0.6) is 0 Å². The second-order valence-electron chi connectivity index (χ2n) is 5.25. The SMILES string of the molecule is CNC1CC2CCC(C1)N2Cc1nc(C)no1. The zero-order valence-corrected chi connectivity index (χ0v) is 10.5. The average Bonchev–Trinajstić information content (AvgIpc) is 2.82. The van der Waals surface area contributed by atoms with Crippen LogP contribution in [0.2, 0.25) is 0 Å². The van der Waals surface area contributed by atoms with Crippen molar-refractivity contribution in [1.82, 2.24) is 20.4 Å². The highest BCUT2D eigenvalue weighted by Crippen LogP contribution is 2.36. The summed E-state index contributed by atoms with van der Waals surface area (Å²) in [4.78, 5) is 6.86. The van der Waals surface area contributed by atoms with Crippen LogP contribution in [0.1, 0.15) is 37.4 Å². The second-order valence-corrected chi connectivity index (χ2v) is 5.25. The number of aromatic nitrogens is 2. The number of piperidine rings is 1. The molecule has 17 heavy (non-hydrogen) atoms. The molecule has 2 saturated heterocycles. The molecular formula is C12H20N4O. The number of rotatable bonds is 3. The molecule has 94 valence electrons. The Morgan fingerprint density at radius 3 is 2.59 bits per heavy atom. The Kier molecular flexibility index (Phi) is 2.88. The molecule has 0 saturated carbocycles. The number of hydrogen-bond donors (Lipinski definition) is 1. The fourth-order valence-corrected chi connectivity index (χ4v) is 3.33. The van der Waals surface area contributed by atoms with Crippen LogP contribution in [0.15, 0.2) is 4.52 Å². The molecule has 1 N–H and O–H groups in total. The van der Waals surface area contributed by atoms with Gasteiger partial charge in [0, 0.05) is 18.1 Å². The molecule has 3 heterocycles. The van der Waals surface area contributed by atoms with E-state index in [1.165, 1.54) is 25.7 Å². The van der Waals surface area contributed by atoms with Crippen molar-refractivity contribution < 1.29 is 4.52 Å². The number of nitrogens with one attached hydrogen (secondary N) is 1. The normalized spacial score (nSPS) is 33.2. The minimum Gasteiger partial charge on any atom is -0.338 e. The zero-order valence-electron chi connectivity index (χ0n) is 10.5. The summed E-state index contributed by atoms with van der Waals surface area (Å²) < 4.78 is 5.23. The maximum absolute atomic E-state index is 5.23. The van der Waals surface area contributed by atoms with Crippen LogP contribution in [-0.2, 0) is 6.54 Å². The van der Waals surface area contributed by atoms with Gasteiger partial charge in [-0.2, -0.15) is 4.98 Å². The summed E-state index contributed by atoms with van der Waals surface area (Å²) in [6.45, 7) is 2.70. The summed E-state index contributed by atoms with van der Waals surface area (Å²) in [6, 6.07) is 2.07. The minimum absolute atomic E-state index is 0.688. The number of aryl methyl sites for hydroxylation is 1. The first kappa shape index (κ1) is 11.2. The van der Waals surface area contributed by atoms with E-state index in [0.717, 1.165) is 18.3 Å². The largest absolute Gasteiger partial charge is 0.338 e. The molecule has 5 nitrogen and oxygen atoms in total. The molecule has 1 aromatic rings. The lowest BCUT2D eigenvalue weighted by Gasteiger charge is -2.37. The second kappa shape index (κ2) is 4.38. The Labute approximate surface area is 102 Å². The molecule has 0 spiro atoms. The summed E-state index contributed by atoms with van der Waals surface area (Å²) in [5.41, 5.74) is 0. The lowest BCUT2D eigenvalue weighted by Crippen LogP contribution is -2.47. The molecule has 0 radical (unpaired) electrons. The highest BCUT2D eigenvalue weighted by molar-refractivity contribution is 4.98. The number of fused-ring (bicyclic) bond motifs is 2. The molecule has 2 atom stereocenters. The van der Waals surface area contributed by atoms with Crippen molar-refractivity contribution in [3.63, 3.8) is 0 Å². The van der Waals surface area contributed by atoms with Crippen LogP contribution in [0.3, 0.4) is 0 Å². The first-order valence-corrected chi connectivity index (χ1v) is 6.48. The van der Waals surface area contributed by atoms with Gasteiger partial charge in [-0.25, -0.2) is 0 Å². The van der Waals surface area contributed by atoms with Gasteiger partial charge in [-0.15, -0.1) is 0 Å². The predicted octanol–water partition coefficient (Wildman–Crippen LogP) is 1.09. The molecule has 2 bridgehead atoms. The molecule has 0 aliphatic carbocycles. The molecular weight excluding hydrogens is 216 g/mol. The molecule has 0 aromatic carbocycles. The molecule has 1 aromatic heterocycles. The van der Waals surface area contributed by atoms with E-state index in [1.807, 2.05) is 6.92 Å². The van der Waals surface area contributed by atoms with Gasteiger partial charge in [0.05, 0.1) is 6.54 Å². The Bertz CT molecular complexity index is 378. The van der Waals surface area contributed by atoms with Crippen molar-refractivity contribution >= 4 is 0 Å². The summed E-state index contributed by atoms with van der Waals surface area (Å²) in [5, 5.41) is 7.27.